The van der Waals surface area contributed by atoms with Crippen molar-refractivity contribution in [1.29, 1.82) is 5.26 Å². The molecular formula is C21H20N2. The molecule has 0 aliphatic carbocycles. The van der Waals surface area contributed by atoms with Crippen molar-refractivity contribution in [2.45, 2.75) is 32.6 Å². The predicted molar refractivity (Wildman–Crippen MR) is 94.3 cm³/mol. The Labute approximate surface area is 137 Å². The summed E-state index contributed by atoms with van der Waals surface area (Å²) in [5.74, 6) is 0. The number of rotatable bonds is 5. The number of nitrogens with zero attached hydrogens (tertiary/aromatic N) is 2. The van der Waals surface area contributed by atoms with Gasteiger partial charge in [0.2, 0.25) is 0 Å². The molecule has 0 radical (unpaired) electrons. The summed E-state index contributed by atoms with van der Waals surface area (Å²) in [6.45, 7) is 2.22. The van der Waals surface area contributed by atoms with E-state index in [0.29, 0.717) is 5.56 Å². The van der Waals surface area contributed by atoms with Gasteiger partial charge in [-0.25, -0.2) is 0 Å². The maximum Gasteiger partial charge on any atom is 0.0991 e. The summed E-state index contributed by atoms with van der Waals surface area (Å²) in [6, 6.07) is 18.8. The number of hydrogen-bond acceptors (Lipinski definition) is 2. The van der Waals surface area contributed by atoms with E-state index in [0.717, 1.165) is 29.3 Å². The topological polar surface area (TPSA) is 36.7 Å². The molecule has 0 unspecified atom stereocenters. The summed E-state index contributed by atoms with van der Waals surface area (Å²) in [4.78, 5) is 4.54. The minimum absolute atomic E-state index is 0.682. The monoisotopic (exact) mass is 300 g/mol. The molecule has 2 aromatic carbocycles. The molecule has 3 aromatic rings. The van der Waals surface area contributed by atoms with Gasteiger partial charge in [-0.3, -0.25) is 4.98 Å². The van der Waals surface area contributed by atoms with Gasteiger partial charge >= 0.3 is 0 Å². The van der Waals surface area contributed by atoms with Crippen molar-refractivity contribution in [3.63, 3.8) is 0 Å². The fraction of sp³-hybridized carbons (Fsp3) is 0.238. The minimum atomic E-state index is 0.682. The third kappa shape index (κ3) is 3.57. The Morgan fingerprint density at radius 3 is 2.52 bits per heavy atom. The number of hydrogen-bond donors (Lipinski definition) is 0. The number of nitriles is 1. The third-order valence-corrected chi connectivity index (χ3v) is 4.19. The Morgan fingerprint density at radius 1 is 1.00 bits per heavy atom. The Morgan fingerprint density at radius 2 is 1.78 bits per heavy atom. The molecule has 114 valence electrons. The van der Waals surface area contributed by atoms with E-state index in [1.165, 1.54) is 24.0 Å². The molecule has 0 aliphatic heterocycles. The van der Waals surface area contributed by atoms with Crippen molar-refractivity contribution >= 4 is 10.8 Å². The van der Waals surface area contributed by atoms with Gasteiger partial charge in [0.25, 0.3) is 0 Å². The second-order valence-corrected chi connectivity index (χ2v) is 5.90. The third-order valence-electron chi connectivity index (χ3n) is 4.19. The van der Waals surface area contributed by atoms with E-state index in [2.05, 4.69) is 42.2 Å². The van der Waals surface area contributed by atoms with Crippen LogP contribution in [0.25, 0.3) is 10.8 Å². The molecule has 0 atom stereocenters. The van der Waals surface area contributed by atoms with Gasteiger partial charge < -0.3 is 0 Å². The number of benzene rings is 2. The van der Waals surface area contributed by atoms with Gasteiger partial charge in [0.15, 0.2) is 0 Å². The van der Waals surface area contributed by atoms with Crippen molar-refractivity contribution in [3.8, 4) is 6.07 Å². The van der Waals surface area contributed by atoms with Crippen LogP contribution in [0.5, 0.6) is 0 Å². The van der Waals surface area contributed by atoms with Gasteiger partial charge in [-0.05, 0) is 47.6 Å². The molecule has 0 saturated heterocycles. The lowest BCUT2D eigenvalue weighted by Crippen LogP contribution is -1.95. The normalized spacial score (nSPS) is 10.6. The van der Waals surface area contributed by atoms with E-state index in [-0.39, 0.29) is 0 Å². The van der Waals surface area contributed by atoms with Crippen LogP contribution < -0.4 is 0 Å². The summed E-state index contributed by atoms with van der Waals surface area (Å²) in [7, 11) is 0. The lowest BCUT2D eigenvalue weighted by molar-refractivity contribution is 0.794. The number of aromatic nitrogens is 1. The first-order valence-corrected chi connectivity index (χ1v) is 8.15. The Bertz CT molecular complexity index is 842. The first-order valence-electron chi connectivity index (χ1n) is 8.15. The quantitative estimate of drug-likeness (QED) is 0.662. The van der Waals surface area contributed by atoms with Gasteiger partial charge in [0, 0.05) is 18.0 Å². The van der Waals surface area contributed by atoms with E-state index in [1.807, 2.05) is 30.5 Å². The molecule has 2 heteroatoms. The average Bonchev–Trinajstić information content (AvgIpc) is 2.61. The Kier molecular flexibility index (Phi) is 4.68. The summed E-state index contributed by atoms with van der Waals surface area (Å²) in [5, 5.41) is 11.3. The van der Waals surface area contributed by atoms with Crippen LogP contribution >= 0.6 is 0 Å². The SMILES string of the molecule is CCCCc1ccc(Cc2nccc3ccc(C#N)cc23)cc1. The Balaban J connectivity index is 1.87. The van der Waals surface area contributed by atoms with Gasteiger partial charge in [0.05, 0.1) is 17.3 Å². The fourth-order valence-electron chi connectivity index (χ4n) is 2.84. The van der Waals surface area contributed by atoms with Crippen LogP contribution in [0.1, 0.15) is 42.1 Å². The van der Waals surface area contributed by atoms with Crippen molar-refractivity contribution in [2.75, 3.05) is 0 Å². The number of aryl methyl sites for hydroxylation is 1. The summed E-state index contributed by atoms with van der Waals surface area (Å²) in [5.41, 5.74) is 4.36. The average molecular weight is 300 g/mol. The molecule has 1 heterocycles. The van der Waals surface area contributed by atoms with Crippen molar-refractivity contribution < 1.29 is 0 Å². The largest absolute Gasteiger partial charge is 0.260 e. The summed E-state index contributed by atoms with van der Waals surface area (Å²) in [6.07, 6.45) is 6.25. The minimum Gasteiger partial charge on any atom is -0.260 e. The molecule has 0 spiro atoms. The second-order valence-electron chi connectivity index (χ2n) is 5.90. The fourth-order valence-corrected chi connectivity index (χ4v) is 2.84. The highest BCUT2D eigenvalue weighted by Gasteiger charge is 2.05. The van der Waals surface area contributed by atoms with Crippen molar-refractivity contribution in [1.82, 2.24) is 4.98 Å². The van der Waals surface area contributed by atoms with Gasteiger partial charge in [-0.15, -0.1) is 0 Å². The molecule has 3 rings (SSSR count). The predicted octanol–water partition coefficient (Wildman–Crippen LogP) is 5.04. The van der Waals surface area contributed by atoms with Crippen LogP contribution in [-0.4, -0.2) is 4.98 Å². The van der Waals surface area contributed by atoms with E-state index >= 15 is 0 Å². The van der Waals surface area contributed by atoms with Crippen LogP contribution in [0.2, 0.25) is 0 Å². The molecule has 0 bridgehead atoms. The van der Waals surface area contributed by atoms with Crippen LogP contribution in [0.3, 0.4) is 0 Å². The van der Waals surface area contributed by atoms with Crippen LogP contribution in [0.4, 0.5) is 0 Å². The maximum atomic E-state index is 9.11. The first-order chi connectivity index (χ1) is 11.3. The van der Waals surface area contributed by atoms with E-state index in [1.54, 1.807) is 0 Å². The zero-order chi connectivity index (χ0) is 16.1. The van der Waals surface area contributed by atoms with Crippen LogP contribution in [0, 0.1) is 11.3 Å². The van der Waals surface area contributed by atoms with Gasteiger partial charge in [-0.2, -0.15) is 5.26 Å². The zero-order valence-electron chi connectivity index (χ0n) is 13.4. The molecule has 1 aromatic heterocycles. The molecule has 0 N–H and O–H groups in total. The highest BCUT2D eigenvalue weighted by molar-refractivity contribution is 5.85. The van der Waals surface area contributed by atoms with Gasteiger partial charge in [-0.1, -0.05) is 43.7 Å². The Hall–Kier alpha value is -2.66. The number of unbranched alkanes of at least 4 members (excludes halogenated alkanes) is 1. The molecule has 0 aliphatic rings. The number of fused-ring (bicyclic) bond motifs is 1. The maximum absolute atomic E-state index is 9.11. The van der Waals surface area contributed by atoms with E-state index in [9.17, 15) is 0 Å². The van der Waals surface area contributed by atoms with Gasteiger partial charge in [0.1, 0.15) is 0 Å². The standard InChI is InChI=1S/C21H20N2/c1-2-3-4-16-5-7-17(8-6-16)14-21-20-13-18(15-22)9-10-19(20)11-12-23-21/h5-13H,2-4,14H2,1H3. The summed E-state index contributed by atoms with van der Waals surface area (Å²) >= 11 is 0. The van der Waals surface area contributed by atoms with E-state index < -0.39 is 0 Å². The van der Waals surface area contributed by atoms with Crippen molar-refractivity contribution in [3.05, 3.63) is 77.1 Å². The molecule has 0 amide bonds. The molecule has 0 saturated carbocycles. The second kappa shape index (κ2) is 7.07. The highest BCUT2D eigenvalue weighted by atomic mass is 14.7. The van der Waals surface area contributed by atoms with E-state index in [4.69, 9.17) is 5.26 Å². The lowest BCUT2D eigenvalue weighted by Gasteiger charge is -2.07. The zero-order valence-corrected chi connectivity index (χ0v) is 13.4. The number of pyridine rings is 1. The molecule has 23 heavy (non-hydrogen) atoms. The first kappa shape index (κ1) is 15.2. The van der Waals surface area contributed by atoms with Crippen LogP contribution in [0.15, 0.2) is 54.7 Å². The summed E-state index contributed by atoms with van der Waals surface area (Å²) < 4.78 is 0. The smallest absolute Gasteiger partial charge is 0.0991 e. The molecule has 2 nitrogen and oxygen atoms in total. The molecular weight excluding hydrogens is 280 g/mol. The highest BCUT2D eigenvalue weighted by Crippen LogP contribution is 2.21. The van der Waals surface area contributed by atoms with Crippen LogP contribution in [-0.2, 0) is 12.8 Å². The lowest BCUT2D eigenvalue weighted by atomic mass is 10.0. The van der Waals surface area contributed by atoms with Crippen molar-refractivity contribution in [2.24, 2.45) is 0 Å². The molecule has 0 fully saturated rings.